The minimum Gasteiger partial charge on any atom is -0.457 e. The molecule has 0 aliphatic rings. The molecule has 96 valence electrons. The first-order valence-corrected chi connectivity index (χ1v) is 6.42. The van der Waals surface area contributed by atoms with E-state index in [0.29, 0.717) is 5.02 Å². The number of hydrogen-bond donors (Lipinski definition) is 1. The maximum Gasteiger partial charge on any atom is 0.152 e. The summed E-state index contributed by atoms with van der Waals surface area (Å²) in [6.45, 7) is 0. The third-order valence-corrected chi connectivity index (χ3v) is 3.40. The predicted octanol–water partition coefficient (Wildman–Crippen LogP) is 3.79. The Labute approximate surface area is 116 Å². The van der Waals surface area contributed by atoms with Gasteiger partial charge in [-0.1, -0.05) is 29.8 Å². The average molecular weight is 273 g/mol. The van der Waals surface area contributed by atoms with Crippen LogP contribution in [-0.4, -0.2) is 12.0 Å². The molecule has 0 saturated heterocycles. The number of para-hydroxylation sites is 1. The molecule has 2 aromatic heterocycles. The summed E-state index contributed by atoms with van der Waals surface area (Å²) in [5.74, 6) is 0.832. The predicted molar refractivity (Wildman–Crippen MR) is 76.4 cm³/mol. The smallest absolute Gasteiger partial charge is 0.152 e. The second kappa shape index (κ2) is 5.03. The minimum atomic E-state index is -0.0304. The van der Waals surface area contributed by atoms with Crippen molar-refractivity contribution < 1.29 is 4.42 Å². The van der Waals surface area contributed by atoms with Crippen molar-refractivity contribution in [1.82, 2.24) is 10.3 Å². The molecule has 0 saturated carbocycles. The van der Waals surface area contributed by atoms with Gasteiger partial charge in [0.05, 0.1) is 11.1 Å². The third-order valence-electron chi connectivity index (χ3n) is 3.11. The monoisotopic (exact) mass is 272 g/mol. The first kappa shape index (κ1) is 12.2. The fraction of sp³-hybridized carbons (Fsp3) is 0.133. The average Bonchev–Trinajstić information content (AvgIpc) is 2.86. The Morgan fingerprint density at radius 3 is 2.84 bits per heavy atom. The zero-order chi connectivity index (χ0) is 13.2. The van der Waals surface area contributed by atoms with Crippen LogP contribution in [-0.2, 0) is 0 Å². The largest absolute Gasteiger partial charge is 0.457 e. The summed E-state index contributed by atoms with van der Waals surface area (Å²) in [5.41, 5.74) is 1.78. The molecule has 2 heterocycles. The Morgan fingerprint density at radius 1 is 1.26 bits per heavy atom. The number of nitrogens with one attached hydrogen (secondary N) is 1. The highest BCUT2D eigenvalue weighted by atomic mass is 35.5. The van der Waals surface area contributed by atoms with E-state index in [4.69, 9.17) is 16.0 Å². The maximum atomic E-state index is 6.14. The van der Waals surface area contributed by atoms with Gasteiger partial charge in [0.15, 0.2) is 5.58 Å². The van der Waals surface area contributed by atoms with Crippen molar-refractivity contribution in [3.63, 3.8) is 0 Å². The van der Waals surface area contributed by atoms with E-state index in [-0.39, 0.29) is 6.04 Å². The Kier molecular flexibility index (Phi) is 3.23. The van der Waals surface area contributed by atoms with E-state index in [2.05, 4.69) is 10.3 Å². The van der Waals surface area contributed by atoms with E-state index in [0.717, 1.165) is 22.3 Å². The quantitative estimate of drug-likeness (QED) is 0.788. The van der Waals surface area contributed by atoms with Gasteiger partial charge in [0, 0.05) is 17.8 Å². The lowest BCUT2D eigenvalue weighted by Crippen LogP contribution is -2.16. The van der Waals surface area contributed by atoms with Crippen LogP contribution in [0, 0.1) is 0 Å². The highest BCUT2D eigenvalue weighted by Gasteiger charge is 2.17. The van der Waals surface area contributed by atoms with Crippen LogP contribution in [0.5, 0.6) is 0 Å². The fourth-order valence-corrected chi connectivity index (χ4v) is 2.43. The van der Waals surface area contributed by atoms with Crippen LogP contribution >= 0.6 is 11.6 Å². The number of fused-ring (bicyclic) bond motifs is 1. The summed E-state index contributed by atoms with van der Waals surface area (Å²) in [7, 11) is 1.90. The third kappa shape index (κ3) is 2.23. The van der Waals surface area contributed by atoms with Gasteiger partial charge in [-0.15, -0.1) is 0 Å². The Bertz CT molecular complexity index is 694. The number of aromatic nitrogens is 1. The number of nitrogens with zero attached hydrogens (tertiary/aromatic N) is 1. The molecule has 1 atom stereocenters. The molecule has 0 fully saturated rings. The minimum absolute atomic E-state index is 0.0304. The molecule has 3 aromatic rings. The molecule has 0 bridgehead atoms. The second-order valence-corrected chi connectivity index (χ2v) is 4.72. The molecule has 0 aliphatic heterocycles. The molecular weight excluding hydrogens is 260 g/mol. The van der Waals surface area contributed by atoms with E-state index in [1.165, 1.54) is 0 Å². The van der Waals surface area contributed by atoms with Gasteiger partial charge in [-0.25, -0.2) is 0 Å². The van der Waals surface area contributed by atoms with Crippen molar-refractivity contribution in [2.24, 2.45) is 0 Å². The zero-order valence-corrected chi connectivity index (χ0v) is 11.2. The molecule has 1 N–H and O–H groups in total. The first-order valence-electron chi connectivity index (χ1n) is 6.05. The van der Waals surface area contributed by atoms with Gasteiger partial charge >= 0.3 is 0 Å². The molecule has 3 nitrogen and oxygen atoms in total. The topological polar surface area (TPSA) is 38.1 Å². The molecule has 19 heavy (non-hydrogen) atoms. The van der Waals surface area contributed by atoms with Crippen molar-refractivity contribution in [2.45, 2.75) is 6.04 Å². The van der Waals surface area contributed by atoms with Crippen LogP contribution in [0.25, 0.3) is 11.0 Å². The van der Waals surface area contributed by atoms with Gasteiger partial charge in [0.1, 0.15) is 5.76 Å². The van der Waals surface area contributed by atoms with Gasteiger partial charge in [0.25, 0.3) is 0 Å². The Morgan fingerprint density at radius 2 is 2.16 bits per heavy atom. The molecular formula is C15H13ClN2O. The van der Waals surface area contributed by atoms with Gasteiger partial charge in [-0.05, 0) is 30.8 Å². The number of furan rings is 1. The van der Waals surface area contributed by atoms with Crippen LogP contribution in [0.4, 0.5) is 0 Å². The molecule has 3 rings (SSSR count). The highest BCUT2D eigenvalue weighted by molar-refractivity contribution is 6.34. The van der Waals surface area contributed by atoms with E-state index < -0.39 is 0 Å². The molecule has 4 heteroatoms. The SMILES string of the molecule is CNC(c1cccnc1)c1cc2cccc(Cl)c2o1. The number of rotatable bonds is 3. The fourth-order valence-electron chi connectivity index (χ4n) is 2.21. The van der Waals surface area contributed by atoms with Crippen molar-refractivity contribution in [2.75, 3.05) is 7.05 Å². The number of benzene rings is 1. The Hall–Kier alpha value is -1.84. The summed E-state index contributed by atoms with van der Waals surface area (Å²) >= 11 is 6.14. The normalized spacial score (nSPS) is 12.7. The lowest BCUT2D eigenvalue weighted by Gasteiger charge is -2.13. The standard InChI is InChI=1S/C15H13ClN2O/c1-17-14(11-5-3-7-18-9-11)13-8-10-4-2-6-12(16)15(10)19-13/h2-9,14,17H,1H3. The number of pyridine rings is 1. The van der Waals surface area contributed by atoms with Crippen LogP contribution in [0.3, 0.4) is 0 Å². The summed E-state index contributed by atoms with van der Waals surface area (Å²) in [4.78, 5) is 4.14. The summed E-state index contributed by atoms with van der Waals surface area (Å²) in [6, 6.07) is 11.6. The molecule has 0 amide bonds. The Balaban J connectivity index is 2.09. The van der Waals surface area contributed by atoms with Crippen molar-refractivity contribution >= 4 is 22.6 Å². The molecule has 0 aliphatic carbocycles. The maximum absolute atomic E-state index is 6.14. The summed E-state index contributed by atoms with van der Waals surface area (Å²) < 4.78 is 5.88. The van der Waals surface area contributed by atoms with Crippen LogP contribution in [0.15, 0.2) is 53.2 Å². The highest BCUT2D eigenvalue weighted by Crippen LogP contribution is 2.31. The lowest BCUT2D eigenvalue weighted by molar-refractivity contribution is 0.491. The van der Waals surface area contributed by atoms with Crippen LogP contribution < -0.4 is 5.32 Å². The molecule has 1 unspecified atom stereocenters. The first-order chi connectivity index (χ1) is 9.29. The number of hydrogen-bond acceptors (Lipinski definition) is 3. The van der Waals surface area contributed by atoms with Crippen molar-refractivity contribution in [3.8, 4) is 0 Å². The van der Waals surface area contributed by atoms with Gasteiger partial charge in [-0.2, -0.15) is 0 Å². The van der Waals surface area contributed by atoms with E-state index in [1.54, 1.807) is 6.20 Å². The summed E-state index contributed by atoms with van der Waals surface area (Å²) in [6.07, 6.45) is 3.59. The van der Waals surface area contributed by atoms with Gasteiger partial charge in [0.2, 0.25) is 0 Å². The molecule has 0 radical (unpaired) electrons. The van der Waals surface area contributed by atoms with E-state index >= 15 is 0 Å². The second-order valence-electron chi connectivity index (χ2n) is 4.32. The lowest BCUT2D eigenvalue weighted by atomic mass is 10.1. The number of halogens is 1. The van der Waals surface area contributed by atoms with Gasteiger partial charge in [-0.3, -0.25) is 4.98 Å². The zero-order valence-electron chi connectivity index (χ0n) is 10.4. The van der Waals surface area contributed by atoms with Crippen molar-refractivity contribution in [3.05, 3.63) is 65.1 Å². The van der Waals surface area contributed by atoms with Crippen molar-refractivity contribution in [1.29, 1.82) is 0 Å². The van der Waals surface area contributed by atoms with E-state index in [1.807, 2.05) is 49.6 Å². The van der Waals surface area contributed by atoms with Gasteiger partial charge < -0.3 is 9.73 Å². The molecule has 0 spiro atoms. The summed E-state index contributed by atoms with van der Waals surface area (Å²) in [5, 5.41) is 4.87. The van der Waals surface area contributed by atoms with Crippen LogP contribution in [0.2, 0.25) is 5.02 Å². The van der Waals surface area contributed by atoms with Crippen LogP contribution in [0.1, 0.15) is 17.4 Å². The molecule has 1 aromatic carbocycles. The van der Waals surface area contributed by atoms with E-state index in [9.17, 15) is 0 Å².